The van der Waals surface area contributed by atoms with Crippen molar-refractivity contribution in [3.05, 3.63) is 50.8 Å². The van der Waals surface area contributed by atoms with Gasteiger partial charge >= 0.3 is 0 Å². The highest BCUT2D eigenvalue weighted by atomic mass is 32.1. The molecule has 3 rings (SSSR count). The molecule has 6 nitrogen and oxygen atoms in total. The highest BCUT2D eigenvalue weighted by Gasteiger charge is 2.27. The van der Waals surface area contributed by atoms with Gasteiger partial charge in [0.1, 0.15) is 17.9 Å². The number of aromatic amines is 1. The van der Waals surface area contributed by atoms with E-state index in [-0.39, 0.29) is 5.56 Å². The van der Waals surface area contributed by atoms with Crippen LogP contribution in [0.1, 0.15) is 31.4 Å². The lowest BCUT2D eigenvalue weighted by atomic mass is 10.1. The standard InChI is InChI=1S/C16H21N5OS/c1-3-11(2)20-9-13-14(18-10-20)21(16(23)19-15(13)22)8-12-5-4-6-17-7-12/h4-7,11,18H,3,8-10H2,1-2H3,(H,19,22,23)/p+1/t11-/m1/s1. The third-order valence-electron chi connectivity index (χ3n) is 4.55. The fourth-order valence-corrected chi connectivity index (χ4v) is 3.18. The van der Waals surface area contributed by atoms with Crippen molar-refractivity contribution in [2.75, 3.05) is 12.0 Å². The second-order valence-corrected chi connectivity index (χ2v) is 6.42. The Morgan fingerprint density at radius 1 is 1.52 bits per heavy atom. The number of nitrogens with zero attached hydrogens (tertiary/aromatic N) is 2. The Morgan fingerprint density at radius 3 is 3.04 bits per heavy atom. The van der Waals surface area contributed by atoms with E-state index >= 15 is 0 Å². The van der Waals surface area contributed by atoms with Crippen molar-refractivity contribution in [2.24, 2.45) is 0 Å². The number of nitrogens with one attached hydrogen (secondary N) is 3. The molecular weight excluding hydrogens is 310 g/mol. The van der Waals surface area contributed by atoms with Crippen LogP contribution in [0.3, 0.4) is 0 Å². The average molecular weight is 332 g/mol. The van der Waals surface area contributed by atoms with Gasteiger partial charge in [-0.15, -0.1) is 0 Å². The van der Waals surface area contributed by atoms with Crippen LogP contribution in [0.5, 0.6) is 0 Å². The SMILES string of the molecule is CC[C@@H](C)[NH+]1CNc2c(c(=O)[nH]c(=S)n2Cc2cccnc2)C1. The Kier molecular flexibility index (Phi) is 4.58. The van der Waals surface area contributed by atoms with Crippen molar-refractivity contribution in [3.8, 4) is 0 Å². The minimum Gasteiger partial charge on any atom is -0.324 e. The van der Waals surface area contributed by atoms with Gasteiger partial charge in [0, 0.05) is 12.4 Å². The Morgan fingerprint density at radius 2 is 2.35 bits per heavy atom. The lowest BCUT2D eigenvalue weighted by molar-refractivity contribution is -0.935. The van der Waals surface area contributed by atoms with E-state index < -0.39 is 0 Å². The van der Waals surface area contributed by atoms with E-state index in [0.717, 1.165) is 36.6 Å². The Balaban J connectivity index is 2.00. The molecule has 0 saturated heterocycles. The van der Waals surface area contributed by atoms with Crippen molar-refractivity contribution in [1.82, 2.24) is 14.5 Å². The normalized spacial score (nSPS) is 18.1. The number of hydrogen-bond acceptors (Lipinski definition) is 4. The first kappa shape index (κ1) is 15.9. The van der Waals surface area contributed by atoms with E-state index in [4.69, 9.17) is 12.2 Å². The molecule has 2 aromatic heterocycles. The molecule has 0 bridgehead atoms. The zero-order valence-electron chi connectivity index (χ0n) is 13.4. The highest BCUT2D eigenvalue weighted by Crippen LogP contribution is 2.15. The first-order valence-electron chi connectivity index (χ1n) is 7.93. The Labute approximate surface area is 140 Å². The largest absolute Gasteiger partial charge is 0.324 e. The molecule has 122 valence electrons. The molecule has 7 heteroatoms. The van der Waals surface area contributed by atoms with Gasteiger partial charge in [-0.05, 0) is 37.2 Å². The fraction of sp³-hybridized carbons (Fsp3) is 0.438. The molecule has 23 heavy (non-hydrogen) atoms. The maximum atomic E-state index is 12.3. The molecule has 1 aliphatic heterocycles. The van der Waals surface area contributed by atoms with E-state index in [0.29, 0.717) is 17.4 Å². The topological polar surface area (TPSA) is 67.2 Å². The Hall–Kier alpha value is -1.99. The van der Waals surface area contributed by atoms with Crippen LogP contribution in [-0.2, 0) is 13.1 Å². The number of pyridine rings is 1. The van der Waals surface area contributed by atoms with Crippen LogP contribution in [0, 0.1) is 4.77 Å². The van der Waals surface area contributed by atoms with Gasteiger partial charge in [-0.1, -0.05) is 13.0 Å². The third-order valence-corrected chi connectivity index (χ3v) is 4.88. The first-order valence-corrected chi connectivity index (χ1v) is 8.34. The van der Waals surface area contributed by atoms with Crippen LogP contribution in [0.4, 0.5) is 5.82 Å². The summed E-state index contributed by atoms with van der Waals surface area (Å²) in [6.45, 7) is 6.49. The summed E-state index contributed by atoms with van der Waals surface area (Å²) in [5, 5.41) is 3.42. The lowest BCUT2D eigenvalue weighted by Crippen LogP contribution is -3.16. The zero-order chi connectivity index (χ0) is 16.4. The lowest BCUT2D eigenvalue weighted by Gasteiger charge is -2.32. The van der Waals surface area contributed by atoms with Crippen LogP contribution in [0.25, 0.3) is 0 Å². The summed E-state index contributed by atoms with van der Waals surface area (Å²) in [7, 11) is 0. The highest BCUT2D eigenvalue weighted by molar-refractivity contribution is 7.71. The fourth-order valence-electron chi connectivity index (χ4n) is 2.93. The number of rotatable bonds is 4. The molecule has 2 atom stereocenters. The van der Waals surface area contributed by atoms with Gasteiger partial charge in [-0.2, -0.15) is 0 Å². The minimum atomic E-state index is -0.0829. The maximum Gasteiger partial charge on any atom is 0.262 e. The van der Waals surface area contributed by atoms with E-state index in [9.17, 15) is 4.79 Å². The summed E-state index contributed by atoms with van der Waals surface area (Å²) in [5.41, 5.74) is 1.75. The number of hydrogen-bond donors (Lipinski definition) is 3. The number of anilines is 1. The molecular formula is C16H22N5OS+. The number of H-pyrrole nitrogens is 1. The summed E-state index contributed by atoms with van der Waals surface area (Å²) in [6.07, 6.45) is 4.65. The van der Waals surface area contributed by atoms with Gasteiger partial charge in [-0.25, -0.2) is 0 Å². The van der Waals surface area contributed by atoms with Gasteiger partial charge in [0.25, 0.3) is 5.56 Å². The molecule has 0 amide bonds. The van der Waals surface area contributed by atoms with Crippen LogP contribution in [0.2, 0.25) is 0 Å². The number of aromatic nitrogens is 3. The van der Waals surface area contributed by atoms with Gasteiger partial charge in [0.15, 0.2) is 11.4 Å². The molecule has 0 aromatic carbocycles. The van der Waals surface area contributed by atoms with Crippen LogP contribution in [0.15, 0.2) is 29.3 Å². The molecule has 1 aliphatic rings. The molecule has 3 heterocycles. The maximum absolute atomic E-state index is 12.3. The molecule has 3 N–H and O–H groups in total. The third kappa shape index (κ3) is 3.20. The first-order chi connectivity index (χ1) is 11.1. The van der Waals surface area contributed by atoms with Gasteiger partial charge in [0.2, 0.25) is 0 Å². The van der Waals surface area contributed by atoms with E-state index in [1.165, 1.54) is 4.90 Å². The molecule has 0 saturated carbocycles. The van der Waals surface area contributed by atoms with Crippen molar-refractivity contribution < 1.29 is 4.90 Å². The predicted octanol–water partition coefficient (Wildman–Crippen LogP) is 0.916. The molecule has 2 aromatic rings. The quantitative estimate of drug-likeness (QED) is 0.728. The summed E-state index contributed by atoms with van der Waals surface area (Å²) in [5.74, 6) is 0.842. The zero-order valence-corrected chi connectivity index (χ0v) is 14.2. The van der Waals surface area contributed by atoms with Crippen LogP contribution >= 0.6 is 12.2 Å². The summed E-state index contributed by atoms with van der Waals surface area (Å²) in [6, 6.07) is 4.41. The van der Waals surface area contributed by atoms with Crippen molar-refractivity contribution in [2.45, 2.75) is 39.4 Å². The van der Waals surface area contributed by atoms with Gasteiger partial charge < -0.3 is 10.2 Å². The van der Waals surface area contributed by atoms with Crippen molar-refractivity contribution in [3.63, 3.8) is 0 Å². The molecule has 0 spiro atoms. The monoisotopic (exact) mass is 332 g/mol. The molecule has 0 fully saturated rings. The van der Waals surface area contributed by atoms with Crippen molar-refractivity contribution in [1.29, 1.82) is 0 Å². The van der Waals surface area contributed by atoms with E-state index in [1.54, 1.807) is 6.20 Å². The van der Waals surface area contributed by atoms with Crippen LogP contribution in [-0.4, -0.2) is 27.2 Å². The van der Waals surface area contributed by atoms with Crippen molar-refractivity contribution >= 4 is 18.0 Å². The molecule has 0 aliphatic carbocycles. The summed E-state index contributed by atoms with van der Waals surface area (Å²) < 4.78 is 2.40. The summed E-state index contributed by atoms with van der Waals surface area (Å²) >= 11 is 5.37. The van der Waals surface area contributed by atoms with Crippen LogP contribution < -0.4 is 15.8 Å². The van der Waals surface area contributed by atoms with Gasteiger partial charge in [0.05, 0.1) is 12.6 Å². The van der Waals surface area contributed by atoms with Gasteiger partial charge in [-0.3, -0.25) is 19.3 Å². The molecule has 1 unspecified atom stereocenters. The molecule has 0 radical (unpaired) electrons. The number of fused-ring (bicyclic) bond motifs is 1. The minimum absolute atomic E-state index is 0.0829. The summed E-state index contributed by atoms with van der Waals surface area (Å²) in [4.78, 5) is 20.7. The average Bonchev–Trinajstić information content (AvgIpc) is 2.58. The predicted molar refractivity (Wildman–Crippen MR) is 92.1 cm³/mol. The second-order valence-electron chi connectivity index (χ2n) is 6.03. The second kappa shape index (κ2) is 6.64. The smallest absolute Gasteiger partial charge is 0.262 e. The number of quaternary nitrogens is 1. The van der Waals surface area contributed by atoms with E-state index in [2.05, 4.69) is 29.1 Å². The van der Waals surface area contributed by atoms with E-state index in [1.807, 2.05) is 22.9 Å². The Bertz CT molecular complexity index is 798.